The van der Waals surface area contributed by atoms with E-state index in [1.807, 2.05) is 12.1 Å². The number of amides is 1. The molecule has 24 heavy (non-hydrogen) atoms. The number of aromatic nitrogens is 1. The zero-order valence-electron chi connectivity index (χ0n) is 13.6. The highest BCUT2D eigenvalue weighted by atomic mass is 32.2. The number of hydrogen-bond acceptors (Lipinski definition) is 4. The van der Waals surface area contributed by atoms with E-state index in [9.17, 15) is 13.2 Å². The van der Waals surface area contributed by atoms with Crippen molar-refractivity contribution in [2.45, 2.75) is 37.0 Å². The third kappa shape index (κ3) is 3.48. The van der Waals surface area contributed by atoms with Crippen LogP contribution in [0.15, 0.2) is 53.7 Å². The highest BCUT2D eigenvalue weighted by Gasteiger charge is 2.45. The SMILES string of the molecule is CC(C)c1ccc([C@H]2C[C@H]2C(=O)NS(=O)(=O)c2cccnc2)cc1. The smallest absolute Gasteiger partial charge is 0.265 e. The summed E-state index contributed by atoms with van der Waals surface area (Å²) in [5.74, 6) is -0.185. The Balaban J connectivity index is 1.66. The van der Waals surface area contributed by atoms with E-state index in [2.05, 4.69) is 35.7 Å². The number of nitrogens with one attached hydrogen (secondary N) is 1. The molecule has 1 aromatic carbocycles. The van der Waals surface area contributed by atoms with Gasteiger partial charge in [-0.15, -0.1) is 0 Å². The van der Waals surface area contributed by atoms with Crippen LogP contribution in [0.3, 0.4) is 0 Å². The van der Waals surface area contributed by atoms with E-state index < -0.39 is 15.9 Å². The van der Waals surface area contributed by atoms with Gasteiger partial charge in [0.15, 0.2) is 0 Å². The van der Waals surface area contributed by atoms with E-state index in [4.69, 9.17) is 0 Å². The Morgan fingerprint density at radius 1 is 1.21 bits per heavy atom. The molecule has 2 aromatic rings. The second-order valence-corrected chi connectivity index (χ2v) is 8.11. The molecule has 6 heteroatoms. The van der Waals surface area contributed by atoms with Crippen molar-refractivity contribution in [3.63, 3.8) is 0 Å². The number of pyridine rings is 1. The number of hydrogen-bond donors (Lipinski definition) is 1. The summed E-state index contributed by atoms with van der Waals surface area (Å²) in [6.45, 7) is 4.26. The topological polar surface area (TPSA) is 76.1 Å². The van der Waals surface area contributed by atoms with Gasteiger partial charge < -0.3 is 0 Å². The summed E-state index contributed by atoms with van der Waals surface area (Å²) in [6, 6.07) is 11.1. The van der Waals surface area contributed by atoms with Crippen molar-refractivity contribution in [2.75, 3.05) is 0 Å². The lowest BCUT2D eigenvalue weighted by Gasteiger charge is -2.08. The van der Waals surface area contributed by atoms with Crippen molar-refractivity contribution < 1.29 is 13.2 Å². The molecule has 0 radical (unpaired) electrons. The first-order valence-electron chi connectivity index (χ1n) is 7.95. The van der Waals surface area contributed by atoms with Crippen LogP contribution in [0.5, 0.6) is 0 Å². The molecular weight excluding hydrogens is 324 g/mol. The number of carbonyl (C=O) groups is 1. The molecule has 1 aromatic heterocycles. The maximum absolute atomic E-state index is 12.2. The molecule has 1 heterocycles. The summed E-state index contributed by atoms with van der Waals surface area (Å²) < 4.78 is 26.5. The van der Waals surface area contributed by atoms with Gasteiger partial charge >= 0.3 is 0 Å². The van der Waals surface area contributed by atoms with Crippen LogP contribution >= 0.6 is 0 Å². The maximum Gasteiger partial charge on any atom is 0.265 e. The summed E-state index contributed by atoms with van der Waals surface area (Å²) in [4.78, 5) is 16.0. The molecule has 1 aliphatic carbocycles. The molecule has 0 aliphatic heterocycles. The summed E-state index contributed by atoms with van der Waals surface area (Å²) >= 11 is 0. The predicted molar refractivity (Wildman–Crippen MR) is 90.9 cm³/mol. The van der Waals surface area contributed by atoms with E-state index in [0.717, 1.165) is 5.56 Å². The van der Waals surface area contributed by atoms with Crippen LogP contribution in [0.25, 0.3) is 0 Å². The quantitative estimate of drug-likeness (QED) is 0.905. The summed E-state index contributed by atoms with van der Waals surface area (Å²) in [5, 5.41) is 0. The lowest BCUT2D eigenvalue weighted by atomic mass is 10.00. The molecular formula is C18H20N2O3S. The fourth-order valence-electron chi connectivity index (χ4n) is 2.75. The minimum absolute atomic E-state index is 0.00293. The third-order valence-corrected chi connectivity index (χ3v) is 5.67. The van der Waals surface area contributed by atoms with Crippen molar-refractivity contribution in [3.05, 3.63) is 59.9 Å². The lowest BCUT2D eigenvalue weighted by molar-refractivity contribution is -0.120. The standard InChI is InChI=1S/C18H20N2O3S/c1-12(2)13-5-7-14(8-6-13)16-10-17(16)18(21)20-24(22,23)15-4-3-9-19-11-15/h3-9,11-12,16-17H,10H2,1-2H3,(H,20,21)/t16-,17-/m1/s1. The molecule has 0 bridgehead atoms. The van der Waals surface area contributed by atoms with Crippen LogP contribution in [0.2, 0.25) is 0 Å². The Morgan fingerprint density at radius 2 is 1.92 bits per heavy atom. The van der Waals surface area contributed by atoms with Gasteiger partial charge in [0.1, 0.15) is 4.90 Å². The van der Waals surface area contributed by atoms with Gasteiger partial charge in [0, 0.05) is 18.3 Å². The van der Waals surface area contributed by atoms with Gasteiger partial charge in [0.25, 0.3) is 10.0 Å². The van der Waals surface area contributed by atoms with Crippen LogP contribution in [-0.2, 0) is 14.8 Å². The first-order chi connectivity index (χ1) is 11.4. The van der Waals surface area contributed by atoms with Crippen LogP contribution in [0.1, 0.15) is 43.2 Å². The minimum Gasteiger partial charge on any atom is -0.274 e. The van der Waals surface area contributed by atoms with Gasteiger partial charge in [-0.3, -0.25) is 9.78 Å². The van der Waals surface area contributed by atoms with Gasteiger partial charge in [0.2, 0.25) is 5.91 Å². The molecule has 1 N–H and O–H groups in total. The maximum atomic E-state index is 12.2. The van der Waals surface area contributed by atoms with Crippen molar-refractivity contribution >= 4 is 15.9 Å². The summed E-state index contributed by atoms with van der Waals surface area (Å²) in [6.07, 6.45) is 3.39. The average molecular weight is 344 g/mol. The number of sulfonamides is 1. The van der Waals surface area contributed by atoms with E-state index in [-0.39, 0.29) is 16.7 Å². The number of carbonyl (C=O) groups excluding carboxylic acids is 1. The molecule has 3 rings (SSSR count). The molecule has 2 atom stereocenters. The second kappa shape index (κ2) is 6.36. The fraction of sp³-hybridized carbons (Fsp3) is 0.333. The highest BCUT2D eigenvalue weighted by Crippen LogP contribution is 2.47. The van der Waals surface area contributed by atoms with E-state index in [1.165, 1.54) is 30.1 Å². The Kier molecular flexibility index (Phi) is 4.41. The monoisotopic (exact) mass is 344 g/mol. The summed E-state index contributed by atoms with van der Waals surface area (Å²) in [7, 11) is -3.85. The Hall–Kier alpha value is -2.21. The van der Waals surface area contributed by atoms with E-state index in [1.54, 1.807) is 0 Å². The number of rotatable bonds is 5. The van der Waals surface area contributed by atoms with Gasteiger partial charge in [-0.2, -0.15) is 0 Å². The predicted octanol–water partition coefficient (Wildman–Crippen LogP) is 2.81. The lowest BCUT2D eigenvalue weighted by Crippen LogP contribution is -2.32. The van der Waals surface area contributed by atoms with Crippen molar-refractivity contribution in [3.8, 4) is 0 Å². The largest absolute Gasteiger partial charge is 0.274 e. The zero-order valence-corrected chi connectivity index (χ0v) is 14.5. The first-order valence-corrected chi connectivity index (χ1v) is 9.43. The van der Waals surface area contributed by atoms with Crippen LogP contribution < -0.4 is 4.72 Å². The van der Waals surface area contributed by atoms with Crippen LogP contribution in [0.4, 0.5) is 0 Å². The molecule has 0 unspecified atom stereocenters. The van der Waals surface area contributed by atoms with Crippen LogP contribution in [0, 0.1) is 5.92 Å². The number of nitrogens with zero attached hydrogens (tertiary/aromatic N) is 1. The molecule has 5 nitrogen and oxygen atoms in total. The zero-order chi connectivity index (χ0) is 17.3. The van der Waals surface area contributed by atoms with Gasteiger partial charge in [-0.1, -0.05) is 38.1 Å². The van der Waals surface area contributed by atoms with E-state index in [0.29, 0.717) is 12.3 Å². The molecule has 0 saturated heterocycles. The molecule has 1 amide bonds. The highest BCUT2D eigenvalue weighted by molar-refractivity contribution is 7.90. The Bertz CT molecular complexity index is 830. The minimum atomic E-state index is -3.85. The van der Waals surface area contributed by atoms with Gasteiger partial charge in [-0.05, 0) is 41.5 Å². The third-order valence-electron chi connectivity index (χ3n) is 4.34. The first kappa shape index (κ1) is 16.6. The molecule has 0 spiro atoms. The molecule has 1 saturated carbocycles. The fourth-order valence-corrected chi connectivity index (χ4v) is 3.75. The van der Waals surface area contributed by atoms with Crippen molar-refractivity contribution in [1.82, 2.24) is 9.71 Å². The van der Waals surface area contributed by atoms with Crippen molar-refractivity contribution in [1.29, 1.82) is 0 Å². The van der Waals surface area contributed by atoms with Crippen molar-refractivity contribution in [2.24, 2.45) is 5.92 Å². The number of benzene rings is 1. The van der Waals surface area contributed by atoms with Gasteiger partial charge in [0.05, 0.1) is 0 Å². The average Bonchev–Trinajstić information content (AvgIpc) is 3.36. The molecule has 126 valence electrons. The van der Waals surface area contributed by atoms with Crippen LogP contribution in [-0.4, -0.2) is 19.3 Å². The van der Waals surface area contributed by atoms with E-state index >= 15 is 0 Å². The normalized spacial score (nSPS) is 20.0. The van der Waals surface area contributed by atoms with Gasteiger partial charge in [-0.25, -0.2) is 13.1 Å². The molecule has 1 aliphatic rings. The second-order valence-electron chi connectivity index (χ2n) is 6.43. The summed E-state index contributed by atoms with van der Waals surface area (Å²) in [5.41, 5.74) is 2.33. The Labute approximate surface area is 142 Å². The Morgan fingerprint density at radius 3 is 2.50 bits per heavy atom. The molecule has 1 fully saturated rings.